The molecule has 4 rings (SSSR count). The average Bonchev–Trinajstić information content (AvgIpc) is 2.68. The number of hydrogen-bond donors (Lipinski definition) is 1. The van der Waals surface area contributed by atoms with Gasteiger partial charge in [0.2, 0.25) is 0 Å². The van der Waals surface area contributed by atoms with Crippen LogP contribution < -0.4 is 5.32 Å². The molecule has 0 spiro atoms. The summed E-state index contributed by atoms with van der Waals surface area (Å²) in [6.45, 7) is 8.76. The highest BCUT2D eigenvalue weighted by Gasteiger charge is 2.10. The molecule has 0 saturated heterocycles. The van der Waals surface area contributed by atoms with E-state index in [0.29, 0.717) is 0 Å². The number of benzene rings is 4. The number of hydrogen-bond acceptors (Lipinski definition) is 1. The Bertz CT molecular complexity index is 1000. The van der Waals surface area contributed by atoms with Crippen LogP contribution in [0.25, 0.3) is 22.3 Å². The fourth-order valence-corrected chi connectivity index (χ4v) is 4.36. The molecule has 0 fully saturated rings. The predicted molar refractivity (Wildman–Crippen MR) is 126 cm³/mol. The monoisotopic (exact) mass is 377 g/mol. The summed E-state index contributed by atoms with van der Waals surface area (Å²) in [6.07, 6.45) is 0. The molecular weight excluding hydrogens is 350 g/mol. The minimum Gasteiger partial charge on any atom is -0.355 e. The lowest BCUT2D eigenvalue weighted by atomic mass is 9.94. The maximum absolute atomic E-state index is 3.62. The van der Waals surface area contributed by atoms with Gasteiger partial charge in [0.25, 0.3) is 0 Å². The third kappa shape index (κ3) is 3.95. The van der Waals surface area contributed by atoms with Gasteiger partial charge in [-0.3, -0.25) is 0 Å². The van der Waals surface area contributed by atoms with Gasteiger partial charge in [0.05, 0.1) is 0 Å². The highest BCUT2D eigenvalue weighted by atomic mass is 14.9. The van der Waals surface area contributed by atoms with Crippen molar-refractivity contribution in [2.45, 2.75) is 27.7 Å². The molecule has 1 nitrogen and oxygen atoms in total. The number of nitrogens with one attached hydrogen (secondary N) is 1. The summed E-state index contributed by atoms with van der Waals surface area (Å²) in [4.78, 5) is 0. The highest BCUT2D eigenvalue weighted by molar-refractivity contribution is 5.78. The van der Waals surface area contributed by atoms with Crippen LogP contribution in [0.2, 0.25) is 0 Å². The van der Waals surface area contributed by atoms with Crippen LogP contribution in [0, 0.1) is 27.7 Å². The molecule has 1 N–H and O–H groups in total. The third-order valence-corrected chi connectivity index (χ3v) is 5.48. The summed E-state index contributed by atoms with van der Waals surface area (Å²) in [5.74, 6) is 0. The summed E-state index contributed by atoms with van der Waals surface area (Å²) in [5.41, 5.74) is 12.6. The standard InChI is InChI=1S/C28H27N/c1-19-15-25(16-20(2)27(19)23-11-7-5-8-12-23)29-26-17-21(3)28(22(4)18-26)24-13-9-6-10-14-24/h5-18,29H,1-4H3. The van der Waals surface area contributed by atoms with Crippen LogP contribution >= 0.6 is 0 Å². The topological polar surface area (TPSA) is 12.0 Å². The second-order valence-electron chi connectivity index (χ2n) is 7.83. The second-order valence-corrected chi connectivity index (χ2v) is 7.83. The predicted octanol–water partition coefficient (Wildman–Crippen LogP) is 8.00. The van der Waals surface area contributed by atoms with Crippen molar-refractivity contribution in [2.75, 3.05) is 5.32 Å². The van der Waals surface area contributed by atoms with Gasteiger partial charge in [0.15, 0.2) is 0 Å². The molecule has 4 aromatic carbocycles. The Morgan fingerprint density at radius 1 is 0.448 bits per heavy atom. The molecule has 0 aliphatic rings. The van der Waals surface area contributed by atoms with Crippen molar-refractivity contribution in [3.8, 4) is 22.3 Å². The fraction of sp³-hybridized carbons (Fsp3) is 0.143. The molecule has 0 unspecified atom stereocenters. The lowest BCUT2D eigenvalue weighted by Gasteiger charge is -2.17. The Labute approximate surface area is 174 Å². The molecule has 0 aliphatic carbocycles. The van der Waals surface area contributed by atoms with Gasteiger partial charge < -0.3 is 5.32 Å². The van der Waals surface area contributed by atoms with Crippen LogP contribution in [0.4, 0.5) is 11.4 Å². The number of anilines is 2. The van der Waals surface area contributed by atoms with Crippen LogP contribution in [0.5, 0.6) is 0 Å². The molecule has 0 heterocycles. The van der Waals surface area contributed by atoms with E-state index in [4.69, 9.17) is 0 Å². The van der Waals surface area contributed by atoms with E-state index in [1.807, 2.05) is 0 Å². The zero-order valence-corrected chi connectivity index (χ0v) is 17.6. The molecule has 144 valence electrons. The second kappa shape index (κ2) is 7.97. The first-order valence-corrected chi connectivity index (χ1v) is 10.1. The van der Waals surface area contributed by atoms with E-state index in [1.54, 1.807) is 0 Å². The normalized spacial score (nSPS) is 10.8. The largest absolute Gasteiger partial charge is 0.355 e. The summed E-state index contributed by atoms with van der Waals surface area (Å²) in [5, 5.41) is 3.62. The summed E-state index contributed by atoms with van der Waals surface area (Å²) >= 11 is 0. The minimum absolute atomic E-state index is 1.13. The lowest BCUT2D eigenvalue weighted by Crippen LogP contribution is -1.97. The Morgan fingerprint density at radius 2 is 0.759 bits per heavy atom. The smallest absolute Gasteiger partial charge is 0.0389 e. The average molecular weight is 378 g/mol. The highest BCUT2D eigenvalue weighted by Crippen LogP contribution is 2.34. The van der Waals surface area contributed by atoms with Crippen molar-refractivity contribution in [1.29, 1.82) is 0 Å². The zero-order chi connectivity index (χ0) is 20.4. The van der Waals surface area contributed by atoms with Gasteiger partial charge in [-0.05, 0) is 96.5 Å². The van der Waals surface area contributed by atoms with E-state index in [0.717, 1.165) is 11.4 Å². The maximum Gasteiger partial charge on any atom is 0.0389 e. The molecule has 4 aromatic rings. The van der Waals surface area contributed by atoms with E-state index >= 15 is 0 Å². The minimum atomic E-state index is 1.13. The molecule has 0 amide bonds. The van der Waals surface area contributed by atoms with Crippen molar-refractivity contribution in [3.05, 3.63) is 107 Å². The lowest BCUT2D eigenvalue weighted by molar-refractivity contribution is 1.35. The Kier molecular flexibility index (Phi) is 5.22. The van der Waals surface area contributed by atoms with Crippen LogP contribution in [0.15, 0.2) is 84.9 Å². The molecule has 0 atom stereocenters. The van der Waals surface area contributed by atoms with Crippen LogP contribution in [0.1, 0.15) is 22.3 Å². The molecule has 1 heteroatoms. The SMILES string of the molecule is Cc1cc(Nc2cc(C)c(-c3ccccc3)c(C)c2)cc(C)c1-c1ccccc1. The molecule has 0 radical (unpaired) electrons. The first kappa shape index (κ1) is 19.0. The summed E-state index contributed by atoms with van der Waals surface area (Å²) in [6, 6.07) is 30.2. The maximum atomic E-state index is 3.62. The number of rotatable bonds is 4. The van der Waals surface area contributed by atoms with Crippen LogP contribution in [-0.2, 0) is 0 Å². The first-order valence-electron chi connectivity index (χ1n) is 10.1. The van der Waals surface area contributed by atoms with Gasteiger partial charge in [-0.25, -0.2) is 0 Å². The van der Waals surface area contributed by atoms with Crippen LogP contribution in [0.3, 0.4) is 0 Å². The van der Waals surface area contributed by atoms with Crippen molar-refractivity contribution < 1.29 is 0 Å². The molecular formula is C28H27N. The Balaban J connectivity index is 1.67. The molecule has 0 aromatic heterocycles. The first-order chi connectivity index (χ1) is 14.0. The van der Waals surface area contributed by atoms with Crippen molar-refractivity contribution in [1.82, 2.24) is 0 Å². The zero-order valence-electron chi connectivity index (χ0n) is 17.6. The van der Waals surface area contributed by atoms with Gasteiger partial charge in [0, 0.05) is 11.4 Å². The van der Waals surface area contributed by atoms with E-state index in [-0.39, 0.29) is 0 Å². The molecule has 0 saturated carbocycles. The Morgan fingerprint density at radius 3 is 1.07 bits per heavy atom. The molecule has 0 bridgehead atoms. The van der Waals surface area contributed by atoms with Gasteiger partial charge >= 0.3 is 0 Å². The summed E-state index contributed by atoms with van der Waals surface area (Å²) in [7, 11) is 0. The van der Waals surface area contributed by atoms with Crippen LogP contribution in [-0.4, -0.2) is 0 Å². The van der Waals surface area contributed by atoms with Gasteiger partial charge in [-0.2, -0.15) is 0 Å². The van der Waals surface area contributed by atoms with E-state index in [9.17, 15) is 0 Å². The van der Waals surface area contributed by atoms with Crippen molar-refractivity contribution in [3.63, 3.8) is 0 Å². The molecule has 0 aliphatic heterocycles. The Hall–Kier alpha value is -3.32. The van der Waals surface area contributed by atoms with E-state index < -0.39 is 0 Å². The van der Waals surface area contributed by atoms with Gasteiger partial charge in [-0.15, -0.1) is 0 Å². The van der Waals surface area contributed by atoms with E-state index in [1.165, 1.54) is 44.5 Å². The van der Waals surface area contributed by atoms with E-state index in [2.05, 4.69) is 118 Å². The summed E-state index contributed by atoms with van der Waals surface area (Å²) < 4.78 is 0. The molecule has 29 heavy (non-hydrogen) atoms. The van der Waals surface area contributed by atoms with Gasteiger partial charge in [-0.1, -0.05) is 60.7 Å². The van der Waals surface area contributed by atoms with Crippen molar-refractivity contribution in [2.24, 2.45) is 0 Å². The number of aryl methyl sites for hydroxylation is 4. The van der Waals surface area contributed by atoms with Crippen molar-refractivity contribution >= 4 is 11.4 Å². The van der Waals surface area contributed by atoms with Gasteiger partial charge in [0.1, 0.15) is 0 Å². The quantitative estimate of drug-likeness (QED) is 0.380. The third-order valence-electron chi connectivity index (χ3n) is 5.48. The fourth-order valence-electron chi connectivity index (χ4n) is 4.36.